The third-order valence-corrected chi connectivity index (χ3v) is 2.09. The Morgan fingerprint density at radius 2 is 1.94 bits per heavy atom. The third kappa shape index (κ3) is 5.27. The van der Waals surface area contributed by atoms with Crippen molar-refractivity contribution in [3.63, 3.8) is 0 Å². The van der Waals surface area contributed by atoms with Gasteiger partial charge < -0.3 is 14.8 Å². The van der Waals surface area contributed by atoms with Crippen LogP contribution in [-0.4, -0.2) is 25.6 Å². The Kier molecular flexibility index (Phi) is 5.27. The number of para-hydroxylation sites is 2. The van der Waals surface area contributed by atoms with Gasteiger partial charge in [0.25, 0.3) is 0 Å². The summed E-state index contributed by atoms with van der Waals surface area (Å²) in [7, 11) is 0. The van der Waals surface area contributed by atoms with Crippen LogP contribution in [0.3, 0.4) is 0 Å². The standard InChI is InChI=1S/C12H16F3NO2/c1-3-17-8-9(2)16-10-6-4-5-7-11(10)18-12(13,14)15/h4-7,9,16H,3,8H2,1-2H3. The minimum Gasteiger partial charge on any atom is -0.404 e. The van der Waals surface area contributed by atoms with Crippen LogP contribution in [0.4, 0.5) is 18.9 Å². The number of hydrogen-bond donors (Lipinski definition) is 1. The van der Waals surface area contributed by atoms with Crippen LogP contribution in [0.15, 0.2) is 24.3 Å². The van der Waals surface area contributed by atoms with Crippen molar-refractivity contribution in [1.82, 2.24) is 0 Å². The Morgan fingerprint density at radius 1 is 1.28 bits per heavy atom. The molecule has 0 aliphatic carbocycles. The lowest BCUT2D eigenvalue weighted by molar-refractivity contribution is -0.274. The zero-order valence-electron chi connectivity index (χ0n) is 10.3. The van der Waals surface area contributed by atoms with Gasteiger partial charge in [-0.1, -0.05) is 12.1 Å². The van der Waals surface area contributed by atoms with Crippen molar-refractivity contribution in [2.24, 2.45) is 0 Å². The highest BCUT2D eigenvalue weighted by atomic mass is 19.4. The van der Waals surface area contributed by atoms with E-state index >= 15 is 0 Å². The minimum absolute atomic E-state index is 0.108. The second-order valence-corrected chi connectivity index (χ2v) is 3.75. The summed E-state index contributed by atoms with van der Waals surface area (Å²) in [4.78, 5) is 0. The molecule has 0 aromatic heterocycles. The molecule has 1 aromatic carbocycles. The maximum Gasteiger partial charge on any atom is 0.573 e. The molecule has 0 aliphatic heterocycles. The summed E-state index contributed by atoms with van der Waals surface area (Å²) in [6, 6.07) is 5.81. The normalized spacial score (nSPS) is 13.2. The Morgan fingerprint density at radius 3 is 2.56 bits per heavy atom. The SMILES string of the molecule is CCOCC(C)Nc1ccccc1OC(F)(F)F. The summed E-state index contributed by atoms with van der Waals surface area (Å²) in [5, 5.41) is 2.92. The molecule has 0 spiro atoms. The molecule has 3 nitrogen and oxygen atoms in total. The van der Waals surface area contributed by atoms with Crippen LogP contribution < -0.4 is 10.1 Å². The molecule has 0 fully saturated rings. The third-order valence-electron chi connectivity index (χ3n) is 2.09. The van der Waals surface area contributed by atoms with Crippen molar-refractivity contribution in [3.8, 4) is 5.75 Å². The molecule has 1 rings (SSSR count). The Labute approximate surface area is 104 Å². The number of nitrogens with one attached hydrogen (secondary N) is 1. The number of hydrogen-bond acceptors (Lipinski definition) is 3. The summed E-state index contributed by atoms with van der Waals surface area (Å²) in [5.74, 6) is -0.242. The van der Waals surface area contributed by atoms with Crippen LogP contribution in [0.2, 0.25) is 0 Å². The number of benzene rings is 1. The van der Waals surface area contributed by atoms with Crippen molar-refractivity contribution >= 4 is 5.69 Å². The first kappa shape index (κ1) is 14.6. The molecule has 0 saturated carbocycles. The molecule has 1 N–H and O–H groups in total. The summed E-state index contributed by atoms with van der Waals surface area (Å²) in [6.07, 6.45) is -4.69. The maximum atomic E-state index is 12.2. The zero-order chi connectivity index (χ0) is 13.6. The second-order valence-electron chi connectivity index (χ2n) is 3.75. The molecule has 0 aliphatic rings. The Balaban J connectivity index is 2.70. The number of rotatable bonds is 6. The molecule has 6 heteroatoms. The van der Waals surface area contributed by atoms with Crippen LogP contribution in [0.1, 0.15) is 13.8 Å². The molecule has 102 valence electrons. The molecule has 1 aromatic rings. The minimum atomic E-state index is -4.69. The molecule has 1 atom stereocenters. The first-order valence-corrected chi connectivity index (χ1v) is 5.61. The molecule has 0 bridgehead atoms. The topological polar surface area (TPSA) is 30.5 Å². The van der Waals surface area contributed by atoms with Gasteiger partial charge in [-0.3, -0.25) is 0 Å². The van der Waals surface area contributed by atoms with Crippen molar-refractivity contribution < 1.29 is 22.6 Å². The largest absolute Gasteiger partial charge is 0.573 e. The monoisotopic (exact) mass is 263 g/mol. The lowest BCUT2D eigenvalue weighted by Gasteiger charge is -2.18. The van der Waals surface area contributed by atoms with E-state index in [1.165, 1.54) is 18.2 Å². The van der Waals surface area contributed by atoms with Gasteiger partial charge in [0.15, 0.2) is 5.75 Å². The van der Waals surface area contributed by atoms with Crippen LogP contribution in [0, 0.1) is 0 Å². The van der Waals surface area contributed by atoms with Gasteiger partial charge in [-0.2, -0.15) is 0 Å². The molecule has 18 heavy (non-hydrogen) atoms. The van der Waals surface area contributed by atoms with Gasteiger partial charge in [-0.15, -0.1) is 13.2 Å². The summed E-state index contributed by atoms with van der Waals surface area (Å²) in [6.45, 7) is 4.65. The van der Waals surface area contributed by atoms with E-state index in [1.807, 2.05) is 13.8 Å². The van der Waals surface area contributed by atoms with Crippen LogP contribution in [0.25, 0.3) is 0 Å². The van der Waals surface area contributed by atoms with Crippen molar-refractivity contribution in [3.05, 3.63) is 24.3 Å². The second kappa shape index (κ2) is 6.49. The smallest absolute Gasteiger partial charge is 0.404 e. The molecule has 0 heterocycles. The van der Waals surface area contributed by atoms with Gasteiger partial charge in [-0.05, 0) is 26.0 Å². The number of halogens is 3. The summed E-state index contributed by atoms with van der Waals surface area (Å²) >= 11 is 0. The van der Waals surface area contributed by atoms with Gasteiger partial charge in [-0.25, -0.2) is 0 Å². The highest BCUT2D eigenvalue weighted by Gasteiger charge is 2.32. The van der Waals surface area contributed by atoms with E-state index < -0.39 is 6.36 Å². The van der Waals surface area contributed by atoms with Crippen molar-refractivity contribution in [2.45, 2.75) is 26.3 Å². The van der Waals surface area contributed by atoms with Crippen LogP contribution in [-0.2, 0) is 4.74 Å². The van der Waals surface area contributed by atoms with Gasteiger partial charge in [0.2, 0.25) is 0 Å². The summed E-state index contributed by atoms with van der Waals surface area (Å²) in [5.41, 5.74) is 0.294. The van der Waals surface area contributed by atoms with Gasteiger partial charge >= 0.3 is 6.36 Å². The van der Waals surface area contributed by atoms with Crippen LogP contribution in [0.5, 0.6) is 5.75 Å². The highest BCUT2D eigenvalue weighted by Crippen LogP contribution is 2.30. The molecule has 0 radical (unpaired) electrons. The molecular formula is C12H16F3NO2. The average molecular weight is 263 g/mol. The van der Waals surface area contributed by atoms with Gasteiger partial charge in [0, 0.05) is 12.6 Å². The predicted molar refractivity (Wildman–Crippen MR) is 62.7 cm³/mol. The molecular weight excluding hydrogens is 247 g/mol. The quantitative estimate of drug-likeness (QED) is 0.853. The fourth-order valence-corrected chi connectivity index (χ4v) is 1.40. The van der Waals surface area contributed by atoms with E-state index in [4.69, 9.17) is 4.74 Å². The van der Waals surface area contributed by atoms with Crippen molar-refractivity contribution in [2.75, 3.05) is 18.5 Å². The molecule has 1 unspecified atom stereocenters. The van der Waals surface area contributed by atoms with E-state index in [-0.39, 0.29) is 11.8 Å². The summed E-state index contributed by atoms with van der Waals surface area (Å²) < 4.78 is 45.7. The van der Waals surface area contributed by atoms with E-state index in [2.05, 4.69) is 10.1 Å². The maximum absolute atomic E-state index is 12.2. The van der Waals surface area contributed by atoms with E-state index in [0.29, 0.717) is 18.9 Å². The first-order valence-electron chi connectivity index (χ1n) is 5.61. The van der Waals surface area contributed by atoms with Gasteiger partial charge in [0.1, 0.15) is 0 Å². The Bertz CT molecular complexity index is 369. The van der Waals surface area contributed by atoms with Gasteiger partial charge in [0.05, 0.1) is 12.3 Å². The van der Waals surface area contributed by atoms with Crippen LogP contribution >= 0.6 is 0 Å². The fourth-order valence-electron chi connectivity index (χ4n) is 1.40. The number of alkyl halides is 3. The predicted octanol–water partition coefficient (Wildman–Crippen LogP) is 3.42. The first-order chi connectivity index (χ1) is 8.42. The van der Waals surface area contributed by atoms with Crippen molar-refractivity contribution in [1.29, 1.82) is 0 Å². The molecule has 0 amide bonds. The zero-order valence-corrected chi connectivity index (χ0v) is 10.3. The average Bonchev–Trinajstić information content (AvgIpc) is 2.27. The Hall–Kier alpha value is -1.43. The van der Waals surface area contributed by atoms with E-state index in [1.54, 1.807) is 6.07 Å². The van der Waals surface area contributed by atoms with E-state index in [9.17, 15) is 13.2 Å². The molecule has 0 saturated heterocycles. The lowest BCUT2D eigenvalue weighted by Crippen LogP contribution is -2.23. The number of anilines is 1. The fraction of sp³-hybridized carbons (Fsp3) is 0.500. The highest BCUT2D eigenvalue weighted by molar-refractivity contribution is 5.56. The lowest BCUT2D eigenvalue weighted by atomic mass is 10.2. The number of ether oxygens (including phenoxy) is 2. The van der Waals surface area contributed by atoms with E-state index in [0.717, 1.165) is 0 Å².